The predicted molar refractivity (Wildman–Crippen MR) is 94.5 cm³/mol. The van der Waals surface area contributed by atoms with Crippen LogP contribution in [-0.2, 0) is 11.3 Å². The molecular formula is C17H26BrN3O. The van der Waals surface area contributed by atoms with E-state index in [9.17, 15) is 0 Å². The van der Waals surface area contributed by atoms with Crippen molar-refractivity contribution in [3.05, 3.63) is 28.2 Å². The van der Waals surface area contributed by atoms with Gasteiger partial charge in [0, 0.05) is 42.4 Å². The van der Waals surface area contributed by atoms with Crippen LogP contribution in [0, 0.1) is 0 Å². The van der Waals surface area contributed by atoms with Gasteiger partial charge in [0.05, 0.1) is 13.2 Å². The molecule has 0 aromatic heterocycles. The Morgan fingerprint density at radius 3 is 2.86 bits per heavy atom. The van der Waals surface area contributed by atoms with Crippen molar-refractivity contribution in [2.45, 2.75) is 25.4 Å². The van der Waals surface area contributed by atoms with E-state index >= 15 is 0 Å². The Morgan fingerprint density at radius 1 is 1.27 bits per heavy atom. The molecule has 0 spiro atoms. The number of ether oxygens (including phenoxy) is 1. The third kappa shape index (κ3) is 3.82. The molecule has 2 aliphatic rings. The quantitative estimate of drug-likeness (QED) is 0.864. The zero-order chi connectivity index (χ0) is 15.4. The van der Waals surface area contributed by atoms with Crippen molar-refractivity contribution >= 4 is 21.6 Å². The van der Waals surface area contributed by atoms with Crippen LogP contribution in [0.15, 0.2) is 22.7 Å². The van der Waals surface area contributed by atoms with Gasteiger partial charge in [0.15, 0.2) is 0 Å². The number of likely N-dealkylation sites (N-methyl/N-ethyl adjacent to an activating group) is 1. The highest BCUT2D eigenvalue weighted by Gasteiger charge is 2.25. The summed E-state index contributed by atoms with van der Waals surface area (Å²) in [5, 5.41) is 3.34. The number of nitrogens with one attached hydrogen (secondary N) is 1. The van der Waals surface area contributed by atoms with Crippen LogP contribution in [0.25, 0.3) is 0 Å². The third-order valence-corrected chi connectivity index (χ3v) is 5.20. The van der Waals surface area contributed by atoms with E-state index in [2.05, 4.69) is 56.3 Å². The second kappa shape index (κ2) is 7.77. The minimum absolute atomic E-state index is 0.672. The number of morpholine rings is 1. The van der Waals surface area contributed by atoms with Gasteiger partial charge in [-0.05, 0) is 44.1 Å². The van der Waals surface area contributed by atoms with Gasteiger partial charge in [0.25, 0.3) is 0 Å². The van der Waals surface area contributed by atoms with Gasteiger partial charge in [-0.25, -0.2) is 0 Å². The zero-order valence-electron chi connectivity index (χ0n) is 13.4. The first-order chi connectivity index (χ1) is 10.8. The summed E-state index contributed by atoms with van der Waals surface area (Å²) in [5.74, 6) is 0. The molecule has 122 valence electrons. The molecule has 1 unspecified atom stereocenters. The van der Waals surface area contributed by atoms with Crippen LogP contribution in [0.4, 0.5) is 5.69 Å². The van der Waals surface area contributed by atoms with Gasteiger partial charge in [-0.2, -0.15) is 0 Å². The maximum absolute atomic E-state index is 5.50. The van der Waals surface area contributed by atoms with Gasteiger partial charge >= 0.3 is 0 Å². The van der Waals surface area contributed by atoms with Crippen molar-refractivity contribution in [1.82, 2.24) is 10.2 Å². The van der Waals surface area contributed by atoms with Crippen LogP contribution < -0.4 is 10.2 Å². The molecular weight excluding hydrogens is 342 g/mol. The van der Waals surface area contributed by atoms with Crippen LogP contribution in [0.5, 0.6) is 0 Å². The summed E-state index contributed by atoms with van der Waals surface area (Å²) in [7, 11) is 2.05. The van der Waals surface area contributed by atoms with Gasteiger partial charge in [0.2, 0.25) is 0 Å². The van der Waals surface area contributed by atoms with Crippen LogP contribution in [0.2, 0.25) is 0 Å². The largest absolute Gasteiger partial charge is 0.378 e. The highest BCUT2D eigenvalue weighted by Crippen LogP contribution is 2.29. The second-order valence-electron chi connectivity index (χ2n) is 6.20. The van der Waals surface area contributed by atoms with Crippen molar-refractivity contribution in [2.75, 3.05) is 51.3 Å². The lowest BCUT2D eigenvalue weighted by Crippen LogP contribution is -2.39. The fraction of sp³-hybridized carbons (Fsp3) is 0.647. The molecule has 0 radical (unpaired) electrons. The Bertz CT molecular complexity index is 491. The maximum Gasteiger partial charge on any atom is 0.0642 e. The summed E-state index contributed by atoms with van der Waals surface area (Å²) in [4.78, 5) is 5.09. The second-order valence-corrected chi connectivity index (χ2v) is 7.11. The average Bonchev–Trinajstić information content (AvgIpc) is 2.97. The number of hydrogen-bond acceptors (Lipinski definition) is 4. The summed E-state index contributed by atoms with van der Waals surface area (Å²) in [6.07, 6.45) is 2.63. The molecule has 1 N–H and O–H groups in total. The zero-order valence-corrected chi connectivity index (χ0v) is 14.9. The molecule has 3 rings (SSSR count). The van der Waals surface area contributed by atoms with Crippen LogP contribution >= 0.6 is 15.9 Å². The molecule has 2 fully saturated rings. The molecule has 2 heterocycles. The fourth-order valence-corrected chi connectivity index (χ4v) is 3.91. The Morgan fingerprint density at radius 2 is 2.09 bits per heavy atom. The summed E-state index contributed by atoms with van der Waals surface area (Å²) in [6, 6.07) is 7.39. The summed E-state index contributed by atoms with van der Waals surface area (Å²) < 4.78 is 6.66. The van der Waals surface area contributed by atoms with E-state index in [0.29, 0.717) is 6.04 Å². The molecule has 0 saturated carbocycles. The lowest BCUT2D eigenvalue weighted by atomic mass is 10.1. The van der Waals surface area contributed by atoms with Crippen molar-refractivity contribution in [3.63, 3.8) is 0 Å². The van der Waals surface area contributed by atoms with Gasteiger partial charge in [-0.1, -0.05) is 22.0 Å². The Balaban J connectivity index is 1.77. The van der Waals surface area contributed by atoms with E-state index in [-0.39, 0.29) is 0 Å². The summed E-state index contributed by atoms with van der Waals surface area (Å²) >= 11 is 3.63. The molecule has 4 nitrogen and oxygen atoms in total. The number of anilines is 1. The van der Waals surface area contributed by atoms with E-state index in [0.717, 1.165) is 43.9 Å². The molecule has 5 heteroatoms. The number of rotatable bonds is 5. The molecule has 1 aromatic carbocycles. The van der Waals surface area contributed by atoms with Gasteiger partial charge in [-0.3, -0.25) is 4.90 Å². The molecule has 0 amide bonds. The van der Waals surface area contributed by atoms with E-state index < -0.39 is 0 Å². The number of likely N-dealkylation sites (tertiary alicyclic amines) is 1. The highest BCUT2D eigenvalue weighted by molar-refractivity contribution is 9.10. The number of halogens is 1. The maximum atomic E-state index is 5.50. The van der Waals surface area contributed by atoms with E-state index in [4.69, 9.17) is 4.74 Å². The normalized spacial score (nSPS) is 23.2. The number of nitrogens with zero attached hydrogens (tertiary/aromatic N) is 2. The van der Waals surface area contributed by atoms with E-state index in [1.165, 1.54) is 30.6 Å². The first-order valence-electron chi connectivity index (χ1n) is 8.27. The number of benzene rings is 1. The first-order valence-corrected chi connectivity index (χ1v) is 9.07. The molecule has 0 aliphatic carbocycles. The van der Waals surface area contributed by atoms with Gasteiger partial charge in [0.1, 0.15) is 0 Å². The third-order valence-electron chi connectivity index (χ3n) is 4.71. The summed E-state index contributed by atoms with van der Waals surface area (Å²) in [6.45, 7) is 6.99. The van der Waals surface area contributed by atoms with Gasteiger partial charge in [-0.15, -0.1) is 0 Å². The van der Waals surface area contributed by atoms with Crippen molar-refractivity contribution in [1.29, 1.82) is 0 Å². The van der Waals surface area contributed by atoms with Gasteiger partial charge < -0.3 is 15.0 Å². The van der Waals surface area contributed by atoms with Crippen LogP contribution in [-0.4, -0.2) is 57.4 Å². The fourth-order valence-electron chi connectivity index (χ4n) is 3.56. The monoisotopic (exact) mass is 367 g/mol. The minimum Gasteiger partial charge on any atom is -0.378 e. The predicted octanol–water partition coefficient (Wildman–Crippen LogP) is 2.47. The number of hydrogen-bond donors (Lipinski definition) is 1. The highest BCUT2D eigenvalue weighted by atomic mass is 79.9. The SMILES string of the molecule is CNCC1CCCN1Cc1ccc(Br)cc1N1CCOCC1. The summed E-state index contributed by atoms with van der Waals surface area (Å²) in [5.41, 5.74) is 2.81. The van der Waals surface area contributed by atoms with Crippen LogP contribution in [0.3, 0.4) is 0 Å². The Labute approximate surface area is 141 Å². The molecule has 0 bridgehead atoms. The molecule has 22 heavy (non-hydrogen) atoms. The first kappa shape index (κ1) is 16.2. The topological polar surface area (TPSA) is 27.7 Å². The Kier molecular flexibility index (Phi) is 5.74. The van der Waals surface area contributed by atoms with E-state index in [1.807, 2.05) is 0 Å². The lowest BCUT2D eigenvalue weighted by Gasteiger charge is -2.32. The molecule has 1 aromatic rings. The van der Waals surface area contributed by atoms with Crippen LogP contribution in [0.1, 0.15) is 18.4 Å². The standard InChI is InChI=1S/C17H26BrN3O/c1-19-12-16-3-2-6-21(16)13-14-4-5-15(18)11-17(14)20-7-9-22-10-8-20/h4-5,11,16,19H,2-3,6-10,12-13H2,1H3. The van der Waals surface area contributed by atoms with E-state index in [1.54, 1.807) is 0 Å². The smallest absolute Gasteiger partial charge is 0.0642 e. The lowest BCUT2D eigenvalue weighted by molar-refractivity contribution is 0.122. The molecule has 2 aliphatic heterocycles. The Hall–Kier alpha value is -0.620. The average molecular weight is 368 g/mol. The van der Waals surface area contributed by atoms with Crippen molar-refractivity contribution in [2.24, 2.45) is 0 Å². The van der Waals surface area contributed by atoms with Crippen molar-refractivity contribution in [3.8, 4) is 0 Å². The molecule has 2 saturated heterocycles. The minimum atomic E-state index is 0.672. The molecule has 1 atom stereocenters. The van der Waals surface area contributed by atoms with Crippen molar-refractivity contribution < 1.29 is 4.74 Å².